The molecule has 1 aromatic carbocycles. The van der Waals surface area contributed by atoms with E-state index in [-0.39, 0.29) is 12.5 Å². The molecule has 0 saturated carbocycles. The molecule has 0 atom stereocenters. The molecule has 0 aliphatic carbocycles. The monoisotopic (exact) mass is 360 g/mol. The Labute approximate surface area is 130 Å². The van der Waals surface area contributed by atoms with Crippen molar-refractivity contribution >= 4 is 11.8 Å². The summed E-state index contributed by atoms with van der Waals surface area (Å²) >= 11 is 0. The van der Waals surface area contributed by atoms with Gasteiger partial charge in [0.2, 0.25) is 5.54 Å². The second-order valence-electron chi connectivity index (χ2n) is 4.71. The average Bonchev–Trinajstić information content (AvgIpc) is 2.42. The summed E-state index contributed by atoms with van der Waals surface area (Å²) in [5, 5.41) is 11.4. The van der Waals surface area contributed by atoms with Gasteiger partial charge < -0.3 is 4.74 Å². The van der Waals surface area contributed by atoms with Crippen molar-refractivity contribution in [3.05, 3.63) is 39.9 Å². The molecular formula is C12H10F6N2O4. The topological polar surface area (TPSA) is 81.5 Å². The second kappa shape index (κ2) is 6.53. The van der Waals surface area contributed by atoms with Gasteiger partial charge in [0.25, 0.3) is 5.69 Å². The summed E-state index contributed by atoms with van der Waals surface area (Å²) in [6.07, 6.45) is -13.7. The van der Waals surface area contributed by atoms with Gasteiger partial charge in [0, 0.05) is 6.07 Å². The van der Waals surface area contributed by atoms with E-state index in [1.807, 2.05) is 0 Å². The number of alkyl carbamates (subject to hydrolysis) is 1. The molecule has 1 amide bonds. The highest BCUT2D eigenvalue weighted by atomic mass is 19.4. The van der Waals surface area contributed by atoms with E-state index in [0.29, 0.717) is 5.32 Å². The van der Waals surface area contributed by atoms with Crippen molar-refractivity contribution < 1.29 is 40.8 Å². The van der Waals surface area contributed by atoms with E-state index in [4.69, 9.17) is 0 Å². The first-order chi connectivity index (χ1) is 10.8. The van der Waals surface area contributed by atoms with E-state index in [0.717, 1.165) is 12.1 Å². The Morgan fingerprint density at radius 3 is 2.12 bits per heavy atom. The van der Waals surface area contributed by atoms with E-state index in [1.54, 1.807) is 0 Å². The summed E-state index contributed by atoms with van der Waals surface area (Å²) in [5.41, 5.74) is -5.22. The zero-order valence-corrected chi connectivity index (χ0v) is 11.9. The number of nitro groups is 1. The summed E-state index contributed by atoms with van der Waals surface area (Å²) in [6, 6.07) is 4.77. The van der Waals surface area contributed by atoms with Crippen LogP contribution in [-0.4, -0.2) is 28.9 Å². The van der Waals surface area contributed by atoms with E-state index < -0.39 is 41.2 Å². The molecule has 0 aliphatic rings. The van der Waals surface area contributed by atoms with Gasteiger partial charge in [-0.3, -0.25) is 15.4 Å². The largest absolute Gasteiger partial charge is 0.444 e. The number of nitro benzene ring substituents is 1. The molecule has 6 nitrogen and oxygen atoms in total. The highest BCUT2D eigenvalue weighted by Crippen LogP contribution is 2.42. The number of hydrogen-bond acceptors (Lipinski definition) is 4. The standard InChI is InChI=1S/C12H10F6N2O4/c1-10(11(13,14)15,12(16,17)18)19-9(21)24-6-7-4-2-3-5-8(7)20(22)23/h2-5H,6H2,1H3,(H,19,21). The minimum atomic E-state index is -5.83. The van der Waals surface area contributed by atoms with Crippen LogP contribution in [0.5, 0.6) is 0 Å². The molecule has 0 aromatic heterocycles. The molecule has 1 rings (SSSR count). The van der Waals surface area contributed by atoms with Crippen molar-refractivity contribution in [1.29, 1.82) is 0 Å². The molecular weight excluding hydrogens is 350 g/mol. The lowest BCUT2D eigenvalue weighted by atomic mass is 10.0. The zero-order valence-electron chi connectivity index (χ0n) is 11.9. The van der Waals surface area contributed by atoms with Crippen LogP contribution in [0, 0.1) is 10.1 Å². The molecule has 0 spiro atoms. The number of nitrogens with zero attached hydrogens (tertiary/aromatic N) is 1. The Morgan fingerprint density at radius 1 is 1.17 bits per heavy atom. The van der Waals surface area contributed by atoms with Crippen LogP contribution < -0.4 is 5.32 Å². The Hall–Kier alpha value is -2.53. The van der Waals surface area contributed by atoms with Crippen LogP contribution >= 0.6 is 0 Å². The zero-order chi connectivity index (χ0) is 18.8. The van der Waals surface area contributed by atoms with Crippen LogP contribution in [0.4, 0.5) is 36.8 Å². The summed E-state index contributed by atoms with van der Waals surface area (Å²) in [4.78, 5) is 21.2. The maximum Gasteiger partial charge on any atom is 0.420 e. The van der Waals surface area contributed by atoms with Crippen molar-refractivity contribution in [1.82, 2.24) is 5.32 Å². The molecule has 0 unspecified atom stereocenters. The van der Waals surface area contributed by atoms with Crippen LogP contribution in [0.1, 0.15) is 12.5 Å². The lowest BCUT2D eigenvalue weighted by molar-refractivity contribution is -0.385. The van der Waals surface area contributed by atoms with Gasteiger partial charge in [-0.25, -0.2) is 4.79 Å². The fourth-order valence-electron chi connectivity index (χ4n) is 1.50. The summed E-state index contributed by atoms with van der Waals surface area (Å²) in [6.45, 7) is -1.14. The van der Waals surface area contributed by atoms with Gasteiger partial charge in [0.15, 0.2) is 0 Å². The third-order valence-electron chi connectivity index (χ3n) is 3.03. The second-order valence-corrected chi connectivity index (χ2v) is 4.71. The first-order valence-corrected chi connectivity index (χ1v) is 6.10. The van der Waals surface area contributed by atoms with Crippen LogP contribution in [0.3, 0.4) is 0 Å². The van der Waals surface area contributed by atoms with Crippen molar-refractivity contribution in [3.63, 3.8) is 0 Å². The normalized spacial score (nSPS) is 12.6. The molecule has 1 aromatic rings. The van der Waals surface area contributed by atoms with E-state index >= 15 is 0 Å². The highest BCUT2D eigenvalue weighted by molar-refractivity contribution is 5.68. The van der Waals surface area contributed by atoms with Gasteiger partial charge in [-0.15, -0.1) is 0 Å². The van der Waals surface area contributed by atoms with Crippen molar-refractivity contribution in [2.24, 2.45) is 0 Å². The van der Waals surface area contributed by atoms with Crippen molar-refractivity contribution in [2.75, 3.05) is 0 Å². The Bertz CT molecular complexity index is 615. The minimum absolute atomic E-state index is 0.196. The Morgan fingerprint density at radius 2 is 1.67 bits per heavy atom. The number of carbonyl (C=O) groups excluding carboxylic acids is 1. The number of nitrogens with one attached hydrogen (secondary N) is 1. The number of amides is 1. The third-order valence-corrected chi connectivity index (χ3v) is 3.03. The van der Waals surface area contributed by atoms with Gasteiger partial charge >= 0.3 is 18.4 Å². The van der Waals surface area contributed by atoms with E-state index in [2.05, 4.69) is 4.74 Å². The molecule has 0 fully saturated rings. The smallest absolute Gasteiger partial charge is 0.420 e. The molecule has 0 radical (unpaired) electrons. The molecule has 134 valence electrons. The van der Waals surface area contributed by atoms with Crippen LogP contribution in [0.15, 0.2) is 24.3 Å². The van der Waals surface area contributed by atoms with Gasteiger partial charge in [0.1, 0.15) is 6.61 Å². The lowest BCUT2D eigenvalue weighted by Gasteiger charge is -2.34. The fourth-order valence-corrected chi connectivity index (χ4v) is 1.50. The molecule has 0 aliphatic heterocycles. The van der Waals surface area contributed by atoms with Crippen molar-refractivity contribution in [2.45, 2.75) is 31.4 Å². The fraction of sp³-hybridized carbons (Fsp3) is 0.417. The molecule has 12 heteroatoms. The average molecular weight is 360 g/mol. The quantitative estimate of drug-likeness (QED) is 0.504. The highest BCUT2D eigenvalue weighted by Gasteiger charge is 2.69. The summed E-state index contributed by atoms with van der Waals surface area (Å²) in [5.74, 6) is 0. The van der Waals surface area contributed by atoms with Crippen LogP contribution in [0.2, 0.25) is 0 Å². The maximum atomic E-state index is 12.6. The van der Waals surface area contributed by atoms with E-state index in [1.165, 1.54) is 12.1 Å². The maximum absolute atomic E-state index is 12.6. The Balaban J connectivity index is 2.88. The van der Waals surface area contributed by atoms with Crippen molar-refractivity contribution in [3.8, 4) is 0 Å². The van der Waals surface area contributed by atoms with E-state index in [9.17, 15) is 41.3 Å². The summed E-state index contributed by atoms with van der Waals surface area (Å²) < 4.78 is 79.9. The number of para-hydroxylation sites is 1. The predicted octanol–water partition coefficient (Wildman–Crippen LogP) is 3.70. The lowest BCUT2D eigenvalue weighted by Crippen LogP contribution is -2.65. The third kappa shape index (κ3) is 4.06. The number of carbonyl (C=O) groups is 1. The van der Waals surface area contributed by atoms with Crippen LogP contribution in [0.25, 0.3) is 0 Å². The number of rotatable bonds is 4. The van der Waals surface area contributed by atoms with Gasteiger partial charge in [-0.05, 0) is 13.0 Å². The van der Waals surface area contributed by atoms with Gasteiger partial charge in [-0.1, -0.05) is 12.1 Å². The molecule has 0 heterocycles. The number of alkyl halides is 6. The molecule has 0 saturated heterocycles. The van der Waals surface area contributed by atoms with Gasteiger partial charge in [0.05, 0.1) is 10.5 Å². The number of ether oxygens (including phenoxy) is 1. The molecule has 0 bridgehead atoms. The SMILES string of the molecule is CC(NC(=O)OCc1ccccc1[N+](=O)[O-])(C(F)(F)F)C(F)(F)F. The first kappa shape index (κ1) is 19.5. The minimum Gasteiger partial charge on any atom is -0.444 e. The van der Waals surface area contributed by atoms with Crippen LogP contribution in [-0.2, 0) is 11.3 Å². The number of hydrogen-bond donors (Lipinski definition) is 1. The first-order valence-electron chi connectivity index (χ1n) is 6.10. The number of halogens is 6. The molecule has 1 N–H and O–H groups in total. The predicted molar refractivity (Wildman–Crippen MR) is 66.9 cm³/mol. The van der Waals surface area contributed by atoms with Gasteiger partial charge in [-0.2, -0.15) is 26.3 Å². The summed E-state index contributed by atoms with van der Waals surface area (Å²) in [7, 11) is 0. The Kier molecular flexibility index (Phi) is 5.31. The number of benzene rings is 1. The molecule has 24 heavy (non-hydrogen) atoms.